The lowest BCUT2D eigenvalue weighted by molar-refractivity contribution is -0.176. The maximum absolute atomic E-state index is 5.69. The third kappa shape index (κ3) is 3.08. The topological polar surface area (TPSA) is 75.8 Å². The fraction of sp³-hybridized carbons (Fsp3) is 0.611. The highest BCUT2D eigenvalue weighted by Gasteiger charge is 2.58. The molecule has 2 N–H and O–H groups in total. The zero-order chi connectivity index (χ0) is 18.1. The highest BCUT2D eigenvalue weighted by Crippen LogP contribution is 2.51. The predicted octanol–water partition coefficient (Wildman–Crippen LogP) is 1.64. The van der Waals surface area contributed by atoms with Crippen molar-refractivity contribution in [1.29, 1.82) is 0 Å². The van der Waals surface area contributed by atoms with E-state index in [1.807, 2.05) is 28.8 Å². The summed E-state index contributed by atoms with van der Waals surface area (Å²) in [7, 11) is 3.58. The molecule has 0 saturated heterocycles. The number of ether oxygens (including phenoxy) is 1. The number of aliphatic imine (C=N–C) groups is 1. The first-order chi connectivity index (χ1) is 11.9. The molecule has 1 fully saturated rings. The molecular weight excluding hydrogens is 316 g/mol. The predicted molar refractivity (Wildman–Crippen MR) is 98.8 cm³/mol. The normalized spacial score (nSPS) is 25.6. The maximum atomic E-state index is 5.69. The van der Waals surface area contributed by atoms with Crippen LogP contribution in [0.15, 0.2) is 29.4 Å². The number of methoxy groups -OCH3 is 1. The molecule has 1 aliphatic rings. The van der Waals surface area contributed by atoms with Gasteiger partial charge in [-0.15, -0.1) is 10.2 Å². The fourth-order valence-electron chi connectivity index (χ4n) is 3.44. The Balaban J connectivity index is 1.54. The summed E-state index contributed by atoms with van der Waals surface area (Å²) in [5, 5.41) is 15.3. The van der Waals surface area contributed by atoms with Crippen LogP contribution < -0.4 is 10.6 Å². The summed E-state index contributed by atoms with van der Waals surface area (Å²) in [5.41, 5.74) is 0.821. The van der Waals surface area contributed by atoms with Gasteiger partial charge in [0.05, 0.1) is 5.60 Å². The van der Waals surface area contributed by atoms with E-state index in [4.69, 9.17) is 4.74 Å². The van der Waals surface area contributed by atoms with Crippen molar-refractivity contribution in [2.24, 2.45) is 10.4 Å². The number of hydrogen-bond acceptors (Lipinski definition) is 4. The van der Waals surface area contributed by atoms with E-state index in [9.17, 15) is 0 Å². The molecule has 2 aromatic rings. The summed E-state index contributed by atoms with van der Waals surface area (Å²) in [6, 6.07) is 6.23. The summed E-state index contributed by atoms with van der Waals surface area (Å²) in [4.78, 5) is 4.34. The third-order valence-electron chi connectivity index (χ3n) is 5.84. The Morgan fingerprint density at radius 1 is 1.36 bits per heavy atom. The first kappa shape index (κ1) is 17.7. The lowest BCUT2D eigenvalue weighted by Gasteiger charge is -2.59. The van der Waals surface area contributed by atoms with Gasteiger partial charge < -0.3 is 15.4 Å². The average molecular weight is 344 g/mol. The van der Waals surface area contributed by atoms with Gasteiger partial charge in [-0.2, -0.15) is 0 Å². The summed E-state index contributed by atoms with van der Waals surface area (Å²) in [6.45, 7) is 7.36. The Bertz CT molecular complexity index is 768. The molecule has 25 heavy (non-hydrogen) atoms. The number of aromatic nitrogens is 3. The molecule has 2 atom stereocenters. The molecule has 2 heterocycles. The highest BCUT2D eigenvalue weighted by molar-refractivity contribution is 5.80. The minimum absolute atomic E-state index is 0.0442. The molecule has 3 rings (SSSR count). The van der Waals surface area contributed by atoms with Crippen LogP contribution in [0.3, 0.4) is 0 Å². The molecule has 2 aromatic heterocycles. The van der Waals surface area contributed by atoms with Crippen LogP contribution in [0.1, 0.15) is 33.0 Å². The molecule has 1 aliphatic carbocycles. The van der Waals surface area contributed by atoms with E-state index in [1.165, 1.54) is 0 Å². The number of nitrogens with zero attached hydrogens (tertiary/aromatic N) is 4. The number of nitrogens with one attached hydrogen (secondary N) is 2. The van der Waals surface area contributed by atoms with Gasteiger partial charge in [0, 0.05) is 44.8 Å². The van der Waals surface area contributed by atoms with E-state index >= 15 is 0 Å². The van der Waals surface area contributed by atoms with Gasteiger partial charge in [-0.25, -0.2) is 0 Å². The van der Waals surface area contributed by atoms with Crippen LogP contribution in [0.2, 0.25) is 0 Å². The number of rotatable bonds is 5. The van der Waals surface area contributed by atoms with Crippen molar-refractivity contribution >= 4 is 11.6 Å². The van der Waals surface area contributed by atoms with Crippen molar-refractivity contribution in [1.82, 2.24) is 25.2 Å². The minimum atomic E-state index is -0.0933. The van der Waals surface area contributed by atoms with Crippen molar-refractivity contribution in [3.8, 4) is 0 Å². The molecule has 2 unspecified atom stereocenters. The number of hydrogen-bond donors (Lipinski definition) is 2. The second kappa shape index (κ2) is 6.63. The van der Waals surface area contributed by atoms with Crippen LogP contribution in [-0.2, 0) is 11.2 Å². The third-order valence-corrected chi connectivity index (χ3v) is 5.84. The number of fused-ring (bicyclic) bond motifs is 1. The molecule has 0 radical (unpaired) electrons. The molecule has 0 aromatic carbocycles. The lowest BCUT2D eigenvalue weighted by atomic mass is 9.56. The smallest absolute Gasteiger partial charge is 0.191 e. The van der Waals surface area contributed by atoms with Crippen LogP contribution in [0, 0.1) is 5.41 Å². The monoisotopic (exact) mass is 344 g/mol. The van der Waals surface area contributed by atoms with E-state index in [-0.39, 0.29) is 11.0 Å². The minimum Gasteiger partial charge on any atom is -0.378 e. The van der Waals surface area contributed by atoms with Crippen LogP contribution in [0.5, 0.6) is 0 Å². The standard InChI is InChI=1S/C18H28N6O/c1-17(2)13(12-18(17,3)25-5)21-16(19-4)20-10-9-15-23-22-14-8-6-7-11-24(14)15/h6-8,11,13H,9-10,12H2,1-5H3,(H2,19,20,21). The zero-order valence-corrected chi connectivity index (χ0v) is 15.7. The number of pyridine rings is 1. The summed E-state index contributed by atoms with van der Waals surface area (Å²) in [6.07, 6.45) is 3.72. The molecule has 0 bridgehead atoms. The van der Waals surface area contributed by atoms with Gasteiger partial charge in [-0.05, 0) is 25.5 Å². The van der Waals surface area contributed by atoms with Crippen molar-refractivity contribution in [3.63, 3.8) is 0 Å². The van der Waals surface area contributed by atoms with E-state index < -0.39 is 0 Å². The van der Waals surface area contributed by atoms with Crippen molar-refractivity contribution in [2.45, 2.75) is 45.3 Å². The van der Waals surface area contributed by atoms with Gasteiger partial charge in [0.2, 0.25) is 0 Å². The van der Waals surface area contributed by atoms with Gasteiger partial charge in [-0.1, -0.05) is 19.9 Å². The molecule has 7 heteroatoms. The van der Waals surface area contributed by atoms with Gasteiger partial charge in [0.15, 0.2) is 11.6 Å². The van der Waals surface area contributed by atoms with Crippen LogP contribution in [0.25, 0.3) is 5.65 Å². The van der Waals surface area contributed by atoms with Crippen molar-refractivity contribution in [2.75, 3.05) is 20.7 Å². The van der Waals surface area contributed by atoms with Crippen molar-refractivity contribution < 1.29 is 4.74 Å². The average Bonchev–Trinajstić information content (AvgIpc) is 3.03. The highest BCUT2D eigenvalue weighted by atomic mass is 16.5. The molecule has 136 valence electrons. The largest absolute Gasteiger partial charge is 0.378 e. The van der Waals surface area contributed by atoms with Gasteiger partial charge in [0.1, 0.15) is 5.82 Å². The Morgan fingerprint density at radius 2 is 2.16 bits per heavy atom. The SMILES string of the molecule is CN=C(NCCc1nnc2ccccn12)NC1CC(C)(OC)C1(C)C. The fourth-order valence-corrected chi connectivity index (χ4v) is 3.44. The molecular formula is C18H28N6O. The Labute approximate surface area is 148 Å². The Hall–Kier alpha value is -2.15. The quantitative estimate of drug-likeness (QED) is 0.637. The van der Waals surface area contributed by atoms with Gasteiger partial charge in [-0.3, -0.25) is 9.39 Å². The molecule has 0 aliphatic heterocycles. The van der Waals surface area contributed by atoms with Gasteiger partial charge in [0.25, 0.3) is 0 Å². The maximum Gasteiger partial charge on any atom is 0.191 e. The Morgan fingerprint density at radius 3 is 2.84 bits per heavy atom. The summed E-state index contributed by atoms with van der Waals surface area (Å²) < 4.78 is 7.70. The van der Waals surface area contributed by atoms with E-state index in [0.717, 1.165) is 36.8 Å². The second-order valence-electron chi connectivity index (χ2n) is 7.35. The van der Waals surface area contributed by atoms with E-state index in [1.54, 1.807) is 14.2 Å². The van der Waals surface area contributed by atoms with Crippen molar-refractivity contribution in [3.05, 3.63) is 30.2 Å². The molecule has 0 spiro atoms. The van der Waals surface area contributed by atoms with E-state index in [0.29, 0.717) is 6.04 Å². The second-order valence-corrected chi connectivity index (χ2v) is 7.35. The molecule has 7 nitrogen and oxygen atoms in total. The van der Waals surface area contributed by atoms with Crippen LogP contribution in [0.4, 0.5) is 0 Å². The molecule has 0 amide bonds. The first-order valence-electron chi connectivity index (χ1n) is 8.72. The first-order valence-corrected chi connectivity index (χ1v) is 8.72. The van der Waals surface area contributed by atoms with Crippen LogP contribution in [-0.4, -0.2) is 52.9 Å². The lowest BCUT2D eigenvalue weighted by Crippen LogP contribution is -2.69. The van der Waals surface area contributed by atoms with Gasteiger partial charge >= 0.3 is 0 Å². The summed E-state index contributed by atoms with van der Waals surface area (Å²) >= 11 is 0. The number of guanidine groups is 1. The Kier molecular flexibility index (Phi) is 4.69. The summed E-state index contributed by atoms with van der Waals surface area (Å²) in [5.74, 6) is 1.75. The molecule has 1 saturated carbocycles. The zero-order valence-electron chi connectivity index (χ0n) is 15.7. The van der Waals surface area contributed by atoms with Crippen LogP contribution >= 0.6 is 0 Å². The van der Waals surface area contributed by atoms with E-state index in [2.05, 4.69) is 46.6 Å².